The van der Waals surface area contributed by atoms with E-state index in [-0.39, 0.29) is 0 Å². The average Bonchev–Trinajstić information content (AvgIpc) is 2.90. The summed E-state index contributed by atoms with van der Waals surface area (Å²) >= 11 is 3.39. The molecule has 0 radical (unpaired) electrons. The molecular formula is C14H16OS2. The van der Waals surface area contributed by atoms with Gasteiger partial charge in [-0.1, -0.05) is 32.1 Å². The van der Waals surface area contributed by atoms with Crippen molar-refractivity contribution in [3.05, 3.63) is 22.4 Å². The molecule has 2 aromatic heterocycles. The van der Waals surface area contributed by atoms with Gasteiger partial charge in [-0.2, -0.15) is 0 Å². The number of rotatable bonds is 3. The van der Waals surface area contributed by atoms with Gasteiger partial charge >= 0.3 is 0 Å². The van der Waals surface area contributed by atoms with Gasteiger partial charge in [0.15, 0.2) is 5.78 Å². The van der Waals surface area contributed by atoms with E-state index in [9.17, 15) is 4.79 Å². The second kappa shape index (κ2) is 4.91. The maximum Gasteiger partial charge on any atom is 0.173 e. The van der Waals surface area contributed by atoms with Crippen molar-refractivity contribution in [2.45, 2.75) is 38.5 Å². The number of thiophene rings is 2. The normalized spacial score (nSPS) is 17.6. The van der Waals surface area contributed by atoms with Gasteiger partial charge in [0.2, 0.25) is 0 Å². The molecule has 1 aliphatic rings. The molecule has 0 aliphatic heterocycles. The topological polar surface area (TPSA) is 17.1 Å². The molecule has 17 heavy (non-hydrogen) atoms. The van der Waals surface area contributed by atoms with Crippen LogP contribution in [-0.2, 0) is 0 Å². The lowest BCUT2D eigenvalue weighted by Gasteiger charge is -2.20. The SMILES string of the molecule is O=C(CC1CCCCC1)c1cc2sccc2s1. The van der Waals surface area contributed by atoms with Gasteiger partial charge in [-0.25, -0.2) is 0 Å². The fourth-order valence-corrected chi connectivity index (χ4v) is 4.71. The monoisotopic (exact) mass is 264 g/mol. The lowest BCUT2D eigenvalue weighted by atomic mass is 9.85. The first-order chi connectivity index (χ1) is 8.33. The van der Waals surface area contributed by atoms with Gasteiger partial charge in [-0.05, 0) is 23.4 Å². The van der Waals surface area contributed by atoms with Crippen molar-refractivity contribution in [3.8, 4) is 0 Å². The van der Waals surface area contributed by atoms with Crippen LogP contribution in [0.2, 0.25) is 0 Å². The van der Waals surface area contributed by atoms with Gasteiger partial charge in [0.05, 0.1) is 4.88 Å². The molecule has 2 heterocycles. The Labute approximate surface area is 109 Å². The number of fused-ring (bicyclic) bond motifs is 1. The van der Waals surface area contributed by atoms with E-state index in [1.54, 1.807) is 22.7 Å². The van der Waals surface area contributed by atoms with E-state index >= 15 is 0 Å². The van der Waals surface area contributed by atoms with Crippen LogP contribution < -0.4 is 0 Å². The minimum Gasteiger partial charge on any atom is -0.293 e. The Morgan fingerprint density at radius 3 is 2.82 bits per heavy atom. The van der Waals surface area contributed by atoms with E-state index in [0.29, 0.717) is 11.7 Å². The number of Topliss-reactive ketones (excluding diaryl/α,β-unsaturated/α-hetero) is 1. The van der Waals surface area contributed by atoms with Crippen LogP contribution in [0.15, 0.2) is 17.5 Å². The van der Waals surface area contributed by atoms with E-state index in [1.807, 2.05) is 0 Å². The van der Waals surface area contributed by atoms with Crippen molar-refractivity contribution >= 4 is 37.9 Å². The molecule has 3 rings (SSSR count). The molecule has 0 bridgehead atoms. The predicted molar refractivity (Wildman–Crippen MR) is 75.2 cm³/mol. The van der Waals surface area contributed by atoms with Crippen LogP contribution in [0.1, 0.15) is 48.2 Å². The standard InChI is InChI=1S/C14H16OS2/c15-11(8-10-4-2-1-3-5-10)13-9-14-12(17-13)6-7-16-14/h6-7,9-10H,1-5,8H2. The number of carbonyl (C=O) groups is 1. The smallest absolute Gasteiger partial charge is 0.173 e. The maximum atomic E-state index is 12.2. The summed E-state index contributed by atoms with van der Waals surface area (Å²) in [5.74, 6) is 1.02. The first-order valence-corrected chi connectivity index (χ1v) is 8.03. The van der Waals surface area contributed by atoms with E-state index in [4.69, 9.17) is 0 Å². The summed E-state index contributed by atoms with van der Waals surface area (Å²) < 4.78 is 2.53. The maximum absolute atomic E-state index is 12.2. The second-order valence-corrected chi connectivity index (χ2v) is 6.92. The van der Waals surface area contributed by atoms with E-state index in [2.05, 4.69) is 17.5 Å². The third-order valence-corrected chi connectivity index (χ3v) is 5.75. The summed E-state index contributed by atoms with van der Waals surface area (Å²) in [7, 11) is 0. The number of hydrogen-bond acceptors (Lipinski definition) is 3. The predicted octanol–water partition coefficient (Wildman–Crippen LogP) is 5.12. The van der Waals surface area contributed by atoms with Crippen LogP contribution in [0.5, 0.6) is 0 Å². The number of hydrogen-bond donors (Lipinski definition) is 0. The van der Waals surface area contributed by atoms with Gasteiger partial charge in [-0.15, -0.1) is 22.7 Å². The molecule has 0 N–H and O–H groups in total. The van der Waals surface area contributed by atoms with Gasteiger partial charge in [0, 0.05) is 15.8 Å². The third-order valence-electron chi connectivity index (χ3n) is 3.61. The highest BCUT2D eigenvalue weighted by molar-refractivity contribution is 7.27. The van der Waals surface area contributed by atoms with Crippen molar-refractivity contribution in [1.29, 1.82) is 0 Å². The highest BCUT2D eigenvalue weighted by Gasteiger charge is 2.19. The summed E-state index contributed by atoms with van der Waals surface area (Å²) in [6.07, 6.45) is 7.28. The molecule has 2 aromatic rings. The molecule has 0 aromatic carbocycles. The van der Waals surface area contributed by atoms with Crippen LogP contribution >= 0.6 is 22.7 Å². The lowest BCUT2D eigenvalue weighted by molar-refractivity contribution is 0.0954. The Hall–Kier alpha value is -0.670. The highest BCUT2D eigenvalue weighted by Crippen LogP contribution is 2.33. The molecule has 0 atom stereocenters. The molecular weight excluding hydrogens is 248 g/mol. The highest BCUT2D eigenvalue weighted by atomic mass is 32.1. The van der Waals surface area contributed by atoms with Crippen molar-refractivity contribution in [2.75, 3.05) is 0 Å². The number of ketones is 1. The lowest BCUT2D eigenvalue weighted by Crippen LogP contribution is -2.11. The molecule has 1 fully saturated rings. The Bertz CT molecular complexity index is 489. The number of carbonyl (C=O) groups excluding carboxylic acids is 1. The molecule has 1 saturated carbocycles. The molecule has 0 spiro atoms. The fourth-order valence-electron chi connectivity index (χ4n) is 2.66. The van der Waals surface area contributed by atoms with Crippen LogP contribution in [0.25, 0.3) is 9.40 Å². The molecule has 1 aliphatic carbocycles. The molecule has 0 saturated heterocycles. The Balaban J connectivity index is 1.71. The summed E-state index contributed by atoms with van der Waals surface area (Å²) in [6, 6.07) is 4.19. The summed E-state index contributed by atoms with van der Waals surface area (Å²) in [6.45, 7) is 0. The Morgan fingerprint density at radius 1 is 1.24 bits per heavy atom. The summed E-state index contributed by atoms with van der Waals surface area (Å²) in [5.41, 5.74) is 0. The van der Waals surface area contributed by atoms with E-state index in [1.165, 1.54) is 41.5 Å². The van der Waals surface area contributed by atoms with Crippen molar-refractivity contribution < 1.29 is 4.79 Å². The first kappa shape index (κ1) is 11.4. The molecule has 3 heteroatoms. The van der Waals surface area contributed by atoms with E-state index < -0.39 is 0 Å². The van der Waals surface area contributed by atoms with Crippen molar-refractivity contribution in [2.24, 2.45) is 5.92 Å². The first-order valence-electron chi connectivity index (χ1n) is 6.33. The second-order valence-electron chi connectivity index (χ2n) is 4.89. The van der Waals surface area contributed by atoms with Gasteiger partial charge in [0.25, 0.3) is 0 Å². The average molecular weight is 264 g/mol. The Kier molecular flexibility index (Phi) is 3.30. The molecule has 1 nitrogen and oxygen atoms in total. The molecule has 0 unspecified atom stereocenters. The van der Waals surface area contributed by atoms with Gasteiger partial charge < -0.3 is 0 Å². The molecule has 90 valence electrons. The largest absolute Gasteiger partial charge is 0.293 e. The summed E-state index contributed by atoms with van der Waals surface area (Å²) in [5, 5.41) is 2.09. The van der Waals surface area contributed by atoms with Crippen molar-refractivity contribution in [3.63, 3.8) is 0 Å². The van der Waals surface area contributed by atoms with Crippen LogP contribution in [-0.4, -0.2) is 5.78 Å². The minimum absolute atomic E-state index is 0.366. The van der Waals surface area contributed by atoms with Crippen LogP contribution in [0.4, 0.5) is 0 Å². The summed E-state index contributed by atoms with van der Waals surface area (Å²) in [4.78, 5) is 13.2. The minimum atomic E-state index is 0.366. The van der Waals surface area contributed by atoms with Gasteiger partial charge in [-0.3, -0.25) is 4.79 Å². The van der Waals surface area contributed by atoms with Gasteiger partial charge in [0.1, 0.15) is 0 Å². The molecule has 0 amide bonds. The zero-order valence-corrected chi connectivity index (χ0v) is 11.4. The van der Waals surface area contributed by atoms with E-state index in [0.717, 1.165) is 11.3 Å². The zero-order chi connectivity index (χ0) is 11.7. The van der Waals surface area contributed by atoms with Crippen LogP contribution in [0.3, 0.4) is 0 Å². The Morgan fingerprint density at radius 2 is 2.06 bits per heavy atom. The van der Waals surface area contributed by atoms with Crippen molar-refractivity contribution in [1.82, 2.24) is 0 Å². The fraction of sp³-hybridized carbons (Fsp3) is 0.500. The third kappa shape index (κ3) is 2.45. The quantitative estimate of drug-likeness (QED) is 0.703. The van der Waals surface area contributed by atoms with Crippen LogP contribution in [0, 0.1) is 5.92 Å². The zero-order valence-electron chi connectivity index (χ0n) is 9.78.